The topological polar surface area (TPSA) is 195 Å². The van der Waals surface area contributed by atoms with Gasteiger partial charge in [0.2, 0.25) is 11.8 Å². The van der Waals surface area contributed by atoms with E-state index < -0.39 is 23.9 Å². The van der Waals surface area contributed by atoms with Crippen LogP contribution in [0, 0.1) is 0 Å². The second kappa shape index (κ2) is 10.1. The summed E-state index contributed by atoms with van der Waals surface area (Å²) in [6.45, 7) is 0.362. The lowest BCUT2D eigenvalue weighted by atomic mass is 10.0. The molecule has 10 heteroatoms. The minimum atomic E-state index is -0.898. The highest BCUT2D eigenvalue weighted by atomic mass is 16.3. The van der Waals surface area contributed by atoms with Crippen LogP contribution >= 0.6 is 0 Å². The van der Waals surface area contributed by atoms with Gasteiger partial charge in [-0.15, -0.1) is 0 Å². The third-order valence-electron chi connectivity index (χ3n) is 3.50. The molecule has 1 rings (SSSR count). The van der Waals surface area contributed by atoms with Crippen LogP contribution in [0.2, 0.25) is 0 Å². The molecule has 2 unspecified atom stereocenters. The molecule has 138 valence electrons. The first-order chi connectivity index (χ1) is 11.8. The highest BCUT2D eigenvalue weighted by molar-refractivity contribution is 5.89. The Morgan fingerprint density at radius 3 is 2.28 bits per heavy atom. The van der Waals surface area contributed by atoms with Crippen molar-refractivity contribution in [1.29, 1.82) is 0 Å². The lowest BCUT2D eigenvalue weighted by molar-refractivity contribution is -0.128. The van der Waals surface area contributed by atoms with Crippen LogP contribution in [0.3, 0.4) is 0 Å². The number of guanidine groups is 1. The molecule has 0 saturated carbocycles. The molecule has 1 aromatic rings. The van der Waals surface area contributed by atoms with Crippen LogP contribution in [0.4, 0.5) is 0 Å². The number of nitrogens with one attached hydrogen (secondary N) is 2. The normalized spacial score (nSPS) is 12.8. The second-order valence-corrected chi connectivity index (χ2v) is 5.50. The number of hydrogen-bond acceptors (Lipinski definition) is 6. The highest BCUT2D eigenvalue weighted by Crippen LogP contribution is 2.11. The van der Waals surface area contributed by atoms with Crippen molar-refractivity contribution in [2.45, 2.75) is 31.3 Å². The number of primary amides is 1. The van der Waals surface area contributed by atoms with E-state index in [0.29, 0.717) is 19.4 Å². The molecule has 0 aliphatic heterocycles. The number of phenols is 1. The summed E-state index contributed by atoms with van der Waals surface area (Å²) in [5.41, 5.74) is 18.9. The molecule has 0 aliphatic carbocycles. The average molecular weight is 351 g/mol. The van der Waals surface area contributed by atoms with Crippen molar-refractivity contribution in [3.05, 3.63) is 29.8 Å². The first kappa shape index (κ1) is 20.2. The summed E-state index contributed by atoms with van der Waals surface area (Å²) in [7, 11) is 0. The van der Waals surface area contributed by atoms with Crippen molar-refractivity contribution >= 4 is 17.8 Å². The molecule has 0 aromatic heterocycles. The molecule has 0 radical (unpaired) electrons. The summed E-state index contributed by atoms with van der Waals surface area (Å²) in [6, 6.07) is 4.66. The van der Waals surface area contributed by atoms with Gasteiger partial charge in [0.05, 0.1) is 6.04 Å². The van der Waals surface area contributed by atoms with E-state index in [9.17, 15) is 14.7 Å². The maximum Gasteiger partial charge on any atom is 0.240 e. The molecule has 0 heterocycles. The summed E-state index contributed by atoms with van der Waals surface area (Å²) in [6.07, 6.45) is 1.11. The third-order valence-corrected chi connectivity index (χ3v) is 3.50. The molecule has 25 heavy (non-hydrogen) atoms. The van der Waals surface area contributed by atoms with E-state index in [1.54, 1.807) is 12.1 Å². The van der Waals surface area contributed by atoms with Crippen LogP contribution in [0.5, 0.6) is 5.75 Å². The van der Waals surface area contributed by atoms with Gasteiger partial charge >= 0.3 is 0 Å². The molecule has 0 bridgehead atoms. The van der Waals surface area contributed by atoms with E-state index in [1.807, 2.05) is 0 Å². The molecule has 0 aliphatic rings. The van der Waals surface area contributed by atoms with Crippen molar-refractivity contribution in [2.24, 2.45) is 28.0 Å². The van der Waals surface area contributed by atoms with Crippen molar-refractivity contribution in [3.8, 4) is 5.75 Å². The molecule has 0 saturated heterocycles. The smallest absolute Gasteiger partial charge is 0.240 e. The highest BCUT2D eigenvalue weighted by Gasteiger charge is 2.23. The number of nitrogens with zero attached hydrogens (tertiary/aromatic N) is 1. The minimum absolute atomic E-state index is 0.0237. The van der Waals surface area contributed by atoms with Gasteiger partial charge in [-0.25, -0.2) is 5.43 Å². The fourth-order valence-electron chi connectivity index (χ4n) is 2.16. The molecule has 2 atom stereocenters. The number of hydrogen-bond donors (Lipinski definition) is 7. The Morgan fingerprint density at radius 2 is 1.76 bits per heavy atom. The van der Waals surface area contributed by atoms with E-state index in [-0.39, 0.29) is 18.1 Å². The molecule has 1 aromatic carbocycles. The largest absolute Gasteiger partial charge is 0.508 e. The standard InChI is InChI=1S/C15H25N7O3/c16-13(24)12(8-9-3-5-10(23)6-4-9)21-14(25)11(22-19)2-1-7-20-15(17)18/h3-6,11-12,22-23H,1-2,7-8,19H2,(H2,16,24)(H,21,25)(H4,17,18,20). The number of amides is 2. The lowest BCUT2D eigenvalue weighted by Crippen LogP contribution is -2.54. The molecular weight excluding hydrogens is 326 g/mol. The van der Waals surface area contributed by atoms with E-state index in [1.165, 1.54) is 12.1 Å². The number of phenolic OH excluding ortho intramolecular Hbond substituents is 1. The van der Waals surface area contributed by atoms with E-state index in [2.05, 4.69) is 15.7 Å². The molecule has 0 spiro atoms. The number of aromatic hydroxyl groups is 1. The number of aliphatic imine (C=N–C) groups is 1. The zero-order chi connectivity index (χ0) is 18.8. The van der Waals surface area contributed by atoms with Gasteiger partial charge in [-0.1, -0.05) is 12.1 Å². The number of carbonyl (C=O) groups is 2. The Labute approximate surface area is 145 Å². The molecular formula is C15H25N7O3. The molecule has 11 N–H and O–H groups in total. The van der Waals surface area contributed by atoms with Crippen LogP contribution in [-0.2, 0) is 16.0 Å². The molecule has 0 fully saturated rings. The predicted molar refractivity (Wildman–Crippen MR) is 94.0 cm³/mol. The average Bonchev–Trinajstić information content (AvgIpc) is 2.55. The van der Waals surface area contributed by atoms with Crippen LogP contribution in [0.15, 0.2) is 29.3 Å². The fourth-order valence-corrected chi connectivity index (χ4v) is 2.16. The van der Waals surface area contributed by atoms with E-state index in [0.717, 1.165) is 5.56 Å². The second-order valence-electron chi connectivity index (χ2n) is 5.50. The monoisotopic (exact) mass is 351 g/mol. The summed E-state index contributed by atoms with van der Waals surface area (Å²) in [4.78, 5) is 27.7. The Hall–Kier alpha value is -2.85. The van der Waals surface area contributed by atoms with Gasteiger partial charge in [-0.3, -0.25) is 20.4 Å². The molecule has 10 nitrogen and oxygen atoms in total. The van der Waals surface area contributed by atoms with Crippen molar-refractivity contribution < 1.29 is 14.7 Å². The zero-order valence-corrected chi connectivity index (χ0v) is 13.8. The van der Waals surface area contributed by atoms with Crippen molar-refractivity contribution in [2.75, 3.05) is 6.54 Å². The molecule has 2 amide bonds. The van der Waals surface area contributed by atoms with Gasteiger partial charge in [0.1, 0.15) is 11.8 Å². The van der Waals surface area contributed by atoms with Gasteiger partial charge in [0, 0.05) is 13.0 Å². The Kier molecular flexibility index (Phi) is 8.16. The maximum atomic E-state index is 12.3. The van der Waals surface area contributed by atoms with Gasteiger partial charge in [0.15, 0.2) is 5.96 Å². The Balaban J connectivity index is 2.62. The Morgan fingerprint density at radius 1 is 1.12 bits per heavy atom. The van der Waals surface area contributed by atoms with Crippen LogP contribution in [0.25, 0.3) is 0 Å². The number of benzene rings is 1. The zero-order valence-electron chi connectivity index (χ0n) is 13.8. The van der Waals surface area contributed by atoms with Gasteiger partial charge in [-0.05, 0) is 30.5 Å². The fraction of sp³-hybridized carbons (Fsp3) is 0.400. The quantitative estimate of drug-likeness (QED) is 0.0815. The maximum absolute atomic E-state index is 12.3. The lowest BCUT2D eigenvalue weighted by Gasteiger charge is -2.20. The number of hydrazine groups is 1. The van der Waals surface area contributed by atoms with E-state index >= 15 is 0 Å². The van der Waals surface area contributed by atoms with Gasteiger partial charge < -0.3 is 27.6 Å². The van der Waals surface area contributed by atoms with Crippen molar-refractivity contribution in [3.63, 3.8) is 0 Å². The minimum Gasteiger partial charge on any atom is -0.508 e. The predicted octanol–water partition coefficient (Wildman–Crippen LogP) is -2.21. The Bertz CT molecular complexity index is 600. The van der Waals surface area contributed by atoms with Crippen molar-refractivity contribution in [1.82, 2.24) is 10.7 Å². The summed E-state index contributed by atoms with van der Waals surface area (Å²) < 4.78 is 0. The van der Waals surface area contributed by atoms with Gasteiger partial charge in [-0.2, -0.15) is 0 Å². The summed E-state index contributed by atoms with van der Waals surface area (Å²) in [5, 5.41) is 11.9. The third kappa shape index (κ3) is 7.50. The van der Waals surface area contributed by atoms with Crippen LogP contribution in [-0.4, -0.2) is 41.5 Å². The SMILES string of the molecule is NNC(CCCN=C(N)N)C(=O)NC(Cc1ccc(O)cc1)C(N)=O. The summed E-state index contributed by atoms with van der Waals surface area (Å²) >= 11 is 0. The number of rotatable bonds is 10. The number of carbonyl (C=O) groups excluding carboxylic acids is 2. The first-order valence-electron chi connectivity index (χ1n) is 7.72. The first-order valence-corrected chi connectivity index (χ1v) is 7.72. The summed E-state index contributed by atoms with van der Waals surface area (Å²) in [5.74, 6) is 4.36. The van der Waals surface area contributed by atoms with Gasteiger partial charge in [0.25, 0.3) is 0 Å². The van der Waals surface area contributed by atoms with Crippen LogP contribution in [0.1, 0.15) is 18.4 Å². The van der Waals surface area contributed by atoms with Crippen LogP contribution < -0.4 is 33.8 Å². The number of nitrogens with two attached hydrogens (primary N) is 4. The van der Waals surface area contributed by atoms with E-state index in [4.69, 9.17) is 23.0 Å².